The van der Waals surface area contributed by atoms with Crippen molar-refractivity contribution in [3.8, 4) is 0 Å². The van der Waals surface area contributed by atoms with Crippen LogP contribution >= 0.6 is 0 Å². The number of aromatic nitrogens is 2. The van der Waals surface area contributed by atoms with Crippen LogP contribution in [0.5, 0.6) is 0 Å². The summed E-state index contributed by atoms with van der Waals surface area (Å²) in [6.45, 7) is 4.68. The van der Waals surface area contributed by atoms with E-state index >= 15 is 0 Å². The molecule has 0 spiro atoms. The van der Waals surface area contributed by atoms with Gasteiger partial charge in [-0.25, -0.2) is 0 Å². The standard InChI is InChI=1S/C10H20N4O/c1-5-6-10(2,11)9-12-8(13-15-9)7-14(3)4/h5-7,11H2,1-4H3. The normalized spacial score (nSPS) is 15.6. The topological polar surface area (TPSA) is 68.2 Å². The van der Waals surface area contributed by atoms with Crippen molar-refractivity contribution in [2.75, 3.05) is 14.1 Å². The van der Waals surface area contributed by atoms with Gasteiger partial charge in [0.25, 0.3) is 0 Å². The fourth-order valence-electron chi connectivity index (χ4n) is 1.46. The highest BCUT2D eigenvalue weighted by atomic mass is 16.5. The van der Waals surface area contributed by atoms with E-state index < -0.39 is 5.54 Å². The number of rotatable bonds is 5. The lowest BCUT2D eigenvalue weighted by molar-refractivity contribution is 0.280. The zero-order valence-corrected chi connectivity index (χ0v) is 9.95. The molecule has 0 saturated carbocycles. The molecule has 15 heavy (non-hydrogen) atoms. The molecule has 0 aromatic carbocycles. The van der Waals surface area contributed by atoms with Crippen LogP contribution in [0.15, 0.2) is 4.52 Å². The van der Waals surface area contributed by atoms with Gasteiger partial charge in [0.15, 0.2) is 5.82 Å². The summed E-state index contributed by atoms with van der Waals surface area (Å²) in [6.07, 6.45) is 1.84. The molecule has 2 N–H and O–H groups in total. The predicted octanol–water partition coefficient (Wildman–Crippen LogP) is 1.11. The molecule has 1 unspecified atom stereocenters. The molecule has 5 heteroatoms. The second-order valence-corrected chi connectivity index (χ2v) is 4.42. The minimum atomic E-state index is -0.508. The Labute approximate surface area is 90.6 Å². The van der Waals surface area contributed by atoms with Crippen molar-refractivity contribution < 1.29 is 4.52 Å². The first-order chi connectivity index (χ1) is 6.95. The number of hydrogen-bond donors (Lipinski definition) is 1. The van der Waals surface area contributed by atoms with Gasteiger partial charge in [-0.2, -0.15) is 4.98 Å². The Bertz CT molecular complexity index is 306. The quantitative estimate of drug-likeness (QED) is 0.791. The van der Waals surface area contributed by atoms with Crippen LogP contribution in [-0.2, 0) is 12.1 Å². The van der Waals surface area contributed by atoms with E-state index in [0.717, 1.165) is 12.8 Å². The van der Waals surface area contributed by atoms with Crippen molar-refractivity contribution in [2.24, 2.45) is 5.73 Å². The first-order valence-electron chi connectivity index (χ1n) is 5.22. The predicted molar refractivity (Wildman–Crippen MR) is 58.1 cm³/mol. The van der Waals surface area contributed by atoms with Gasteiger partial charge in [-0.15, -0.1) is 0 Å². The smallest absolute Gasteiger partial charge is 0.246 e. The van der Waals surface area contributed by atoms with Gasteiger partial charge < -0.3 is 15.2 Å². The summed E-state index contributed by atoms with van der Waals surface area (Å²) >= 11 is 0. The van der Waals surface area contributed by atoms with Crippen LogP contribution in [0.1, 0.15) is 38.4 Å². The number of hydrogen-bond acceptors (Lipinski definition) is 5. The first kappa shape index (κ1) is 12.1. The van der Waals surface area contributed by atoms with Crippen LogP contribution in [0.4, 0.5) is 0 Å². The van der Waals surface area contributed by atoms with Gasteiger partial charge in [-0.05, 0) is 27.4 Å². The minimum Gasteiger partial charge on any atom is -0.337 e. The van der Waals surface area contributed by atoms with E-state index in [4.69, 9.17) is 10.3 Å². The number of nitrogens with two attached hydrogens (primary N) is 1. The van der Waals surface area contributed by atoms with E-state index in [1.807, 2.05) is 25.9 Å². The average Bonchev–Trinajstić information content (AvgIpc) is 2.51. The van der Waals surface area contributed by atoms with Crippen LogP contribution in [0, 0.1) is 0 Å². The van der Waals surface area contributed by atoms with Gasteiger partial charge in [-0.3, -0.25) is 0 Å². The SMILES string of the molecule is CCCC(C)(N)c1nc(CN(C)C)no1. The Balaban J connectivity index is 2.74. The van der Waals surface area contributed by atoms with Gasteiger partial charge in [-0.1, -0.05) is 18.5 Å². The third kappa shape index (κ3) is 3.28. The van der Waals surface area contributed by atoms with Crippen LogP contribution in [-0.4, -0.2) is 29.1 Å². The fraction of sp³-hybridized carbons (Fsp3) is 0.800. The molecule has 1 aromatic heterocycles. The Hall–Kier alpha value is -0.940. The molecule has 86 valence electrons. The molecule has 0 aliphatic rings. The van der Waals surface area contributed by atoms with E-state index in [2.05, 4.69) is 17.1 Å². The maximum Gasteiger partial charge on any atom is 0.246 e. The van der Waals surface area contributed by atoms with E-state index in [1.165, 1.54) is 0 Å². The van der Waals surface area contributed by atoms with Crippen molar-refractivity contribution in [3.05, 3.63) is 11.7 Å². The molecule has 0 aliphatic carbocycles. The summed E-state index contributed by atoms with van der Waals surface area (Å²) in [4.78, 5) is 6.28. The Morgan fingerprint density at radius 2 is 2.13 bits per heavy atom. The Kier molecular flexibility index (Phi) is 3.82. The average molecular weight is 212 g/mol. The summed E-state index contributed by atoms with van der Waals surface area (Å²) in [5, 5.41) is 3.90. The summed E-state index contributed by atoms with van der Waals surface area (Å²) in [6, 6.07) is 0. The molecule has 0 aliphatic heterocycles. The molecule has 1 heterocycles. The highest BCUT2D eigenvalue weighted by Crippen LogP contribution is 2.21. The maximum atomic E-state index is 6.08. The second-order valence-electron chi connectivity index (χ2n) is 4.42. The summed E-state index contributed by atoms with van der Waals surface area (Å²) in [7, 11) is 3.92. The fourth-order valence-corrected chi connectivity index (χ4v) is 1.46. The molecule has 0 saturated heterocycles. The van der Waals surface area contributed by atoms with Crippen LogP contribution < -0.4 is 5.73 Å². The van der Waals surface area contributed by atoms with Gasteiger partial charge in [0, 0.05) is 0 Å². The van der Waals surface area contributed by atoms with E-state index in [0.29, 0.717) is 18.3 Å². The zero-order chi connectivity index (χ0) is 11.5. The van der Waals surface area contributed by atoms with Crippen LogP contribution in [0.25, 0.3) is 0 Å². The monoisotopic (exact) mass is 212 g/mol. The molecule has 0 bridgehead atoms. The molecule has 5 nitrogen and oxygen atoms in total. The number of nitrogens with zero attached hydrogens (tertiary/aromatic N) is 3. The van der Waals surface area contributed by atoms with Crippen molar-refractivity contribution in [1.82, 2.24) is 15.0 Å². The van der Waals surface area contributed by atoms with E-state index in [1.54, 1.807) is 0 Å². The Morgan fingerprint density at radius 1 is 1.47 bits per heavy atom. The van der Waals surface area contributed by atoms with Crippen LogP contribution in [0.3, 0.4) is 0 Å². The highest BCUT2D eigenvalue weighted by Gasteiger charge is 2.27. The van der Waals surface area contributed by atoms with E-state index in [9.17, 15) is 0 Å². The maximum absolute atomic E-state index is 6.08. The summed E-state index contributed by atoms with van der Waals surface area (Å²) < 4.78 is 5.17. The van der Waals surface area contributed by atoms with Crippen LogP contribution in [0.2, 0.25) is 0 Å². The van der Waals surface area contributed by atoms with Gasteiger partial charge >= 0.3 is 0 Å². The van der Waals surface area contributed by atoms with Gasteiger partial charge in [0.05, 0.1) is 12.1 Å². The minimum absolute atomic E-state index is 0.508. The molecular formula is C10H20N4O. The zero-order valence-electron chi connectivity index (χ0n) is 9.95. The molecule has 1 rings (SSSR count). The third-order valence-corrected chi connectivity index (χ3v) is 2.18. The van der Waals surface area contributed by atoms with E-state index in [-0.39, 0.29) is 0 Å². The van der Waals surface area contributed by atoms with Crippen molar-refractivity contribution >= 4 is 0 Å². The lowest BCUT2D eigenvalue weighted by Gasteiger charge is -2.18. The lowest BCUT2D eigenvalue weighted by atomic mass is 9.98. The summed E-state index contributed by atoms with van der Waals surface area (Å²) in [5.74, 6) is 1.21. The highest BCUT2D eigenvalue weighted by molar-refractivity contribution is 4.99. The third-order valence-electron chi connectivity index (χ3n) is 2.18. The van der Waals surface area contributed by atoms with Gasteiger partial charge in [0.2, 0.25) is 5.89 Å². The second kappa shape index (κ2) is 4.72. The Morgan fingerprint density at radius 3 is 2.67 bits per heavy atom. The van der Waals surface area contributed by atoms with Crippen molar-refractivity contribution in [2.45, 2.75) is 38.8 Å². The molecule has 0 amide bonds. The van der Waals surface area contributed by atoms with Gasteiger partial charge in [0.1, 0.15) is 0 Å². The summed E-state index contributed by atoms with van der Waals surface area (Å²) in [5.41, 5.74) is 5.58. The molecule has 0 fully saturated rings. The largest absolute Gasteiger partial charge is 0.337 e. The molecule has 0 radical (unpaired) electrons. The molecule has 1 aromatic rings. The van der Waals surface area contributed by atoms with Crippen molar-refractivity contribution in [1.29, 1.82) is 0 Å². The molecule has 1 atom stereocenters. The first-order valence-corrected chi connectivity index (χ1v) is 5.22. The lowest BCUT2D eigenvalue weighted by Crippen LogP contribution is -2.33. The molecular weight excluding hydrogens is 192 g/mol. The van der Waals surface area contributed by atoms with Crippen molar-refractivity contribution in [3.63, 3.8) is 0 Å².